The molecule has 0 bridgehead atoms. The Morgan fingerprint density at radius 2 is 1.86 bits per heavy atom. The van der Waals surface area contributed by atoms with Gasteiger partial charge in [0.2, 0.25) is 5.91 Å². The Hall–Kier alpha value is -4.09. The van der Waals surface area contributed by atoms with E-state index in [1.807, 2.05) is 24.3 Å². The Morgan fingerprint density at radius 3 is 2.47 bits per heavy atom. The van der Waals surface area contributed by atoms with Gasteiger partial charge < -0.3 is 25.0 Å². The van der Waals surface area contributed by atoms with Crippen molar-refractivity contribution in [1.29, 1.82) is 0 Å². The number of carbonyl (C=O) groups excluding carboxylic acids is 4. The molecular formula is C31H36F2N4O6. The van der Waals surface area contributed by atoms with Gasteiger partial charge in [0, 0.05) is 26.1 Å². The number of pyridine rings is 1. The minimum Gasteiger partial charge on any atom is -0.482 e. The van der Waals surface area contributed by atoms with Crippen LogP contribution >= 0.6 is 0 Å². The first-order chi connectivity index (χ1) is 20.5. The molecule has 1 saturated carbocycles. The standard InChI is InChI=1S/C31H36F2N4O6/c1-18(35-30(41)31(2,32)33)27(21-9-7-20(8-10-21)19-5-6-19)43-24-11-12-25(34-15-24)28(39)36-23-4-3-13-37(16-23)29(40)22-14-26(38)42-17-22/h7-12,15,18-19,22-23,27H,3-6,13-14,16-17H2,1-2H3,(H,35,41)(H,36,39)/t18?,22-,23+,27?/m1/s1. The molecule has 12 heteroatoms. The monoisotopic (exact) mass is 598 g/mol. The molecule has 2 aromatic rings. The van der Waals surface area contributed by atoms with Gasteiger partial charge in [-0.2, -0.15) is 8.78 Å². The number of cyclic esters (lactones) is 1. The first-order valence-electron chi connectivity index (χ1n) is 14.6. The number of ether oxygens (including phenoxy) is 2. The molecule has 2 saturated heterocycles. The highest BCUT2D eigenvalue weighted by Gasteiger charge is 2.37. The SMILES string of the molecule is CC(NC(=O)C(C)(F)F)C(Oc1ccc(C(=O)N[C@H]2CCCN(C(=O)[C@H]3COC(=O)C3)C2)nc1)c1ccc(C2CC2)cc1. The number of benzene rings is 1. The number of piperidine rings is 1. The zero-order valence-electron chi connectivity index (χ0n) is 24.2. The lowest BCUT2D eigenvalue weighted by Gasteiger charge is -2.34. The normalized spacial score (nSPS) is 21.9. The van der Waals surface area contributed by atoms with Crippen LogP contribution in [0.3, 0.4) is 0 Å². The molecule has 43 heavy (non-hydrogen) atoms. The number of hydrogen-bond donors (Lipinski definition) is 2. The van der Waals surface area contributed by atoms with Crippen LogP contribution in [0.5, 0.6) is 5.75 Å². The van der Waals surface area contributed by atoms with Crippen LogP contribution in [0.1, 0.15) is 79.6 Å². The molecular weight excluding hydrogens is 562 g/mol. The average Bonchev–Trinajstić information content (AvgIpc) is 3.75. The summed E-state index contributed by atoms with van der Waals surface area (Å²) in [7, 11) is 0. The number of carbonyl (C=O) groups is 4. The highest BCUT2D eigenvalue weighted by Crippen LogP contribution is 2.40. The molecule has 0 radical (unpaired) electrons. The maximum Gasteiger partial charge on any atom is 0.321 e. The molecule has 230 valence electrons. The number of nitrogens with one attached hydrogen (secondary N) is 2. The number of halogens is 2. The summed E-state index contributed by atoms with van der Waals surface area (Å²) in [5.74, 6) is -5.53. The van der Waals surface area contributed by atoms with E-state index in [9.17, 15) is 28.0 Å². The van der Waals surface area contributed by atoms with Gasteiger partial charge in [-0.1, -0.05) is 24.3 Å². The molecule has 4 atom stereocenters. The Balaban J connectivity index is 1.22. The number of aromatic nitrogens is 1. The quantitative estimate of drug-likeness (QED) is 0.401. The van der Waals surface area contributed by atoms with Crippen molar-refractivity contribution >= 4 is 23.7 Å². The van der Waals surface area contributed by atoms with Crippen molar-refractivity contribution in [2.75, 3.05) is 19.7 Å². The van der Waals surface area contributed by atoms with Crippen molar-refractivity contribution in [2.24, 2.45) is 5.92 Å². The molecule has 10 nitrogen and oxygen atoms in total. The fourth-order valence-electron chi connectivity index (χ4n) is 5.46. The topological polar surface area (TPSA) is 127 Å². The van der Waals surface area contributed by atoms with Gasteiger partial charge in [0.25, 0.3) is 11.8 Å². The summed E-state index contributed by atoms with van der Waals surface area (Å²) in [6, 6.07) is 9.69. The van der Waals surface area contributed by atoms with Crippen molar-refractivity contribution in [1.82, 2.24) is 20.5 Å². The Bertz CT molecular complexity index is 1340. The average molecular weight is 599 g/mol. The van der Waals surface area contributed by atoms with E-state index in [1.165, 1.54) is 17.8 Å². The van der Waals surface area contributed by atoms with E-state index in [0.29, 0.717) is 50.1 Å². The van der Waals surface area contributed by atoms with Crippen molar-refractivity contribution in [3.05, 3.63) is 59.4 Å². The third-order valence-corrected chi connectivity index (χ3v) is 8.03. The summed E-state index contributed by atoms with van der Waals surface area (Å²) in [5.41, 5.74) is 2.04. The van der Waals surface area contributed by atoms with E-state index in [0.717, 1.165) is 12.8 Å². The number of likely N-dealkylation sites (tertiary alicyclic amines) is 1. The third-order valence-electron chi connectivity index (χ3n) is 8.03. The second-order valence-corrected chi connectivity index (χ2v) is 11.7. The first kappa shape index (κ1) is 30.4. The summed E-state index contributed by atoms with van der Waals surface area (Å²) >= 11 is 0. The zero-order chi connectivity index (χ0) is 30.7. The van der Waals surface area contributed by atoms with Crippen LogP contribution in [0.15, 0.2) is 42.6 Å². The first-order valence-corrected chi connectivity index (χ1v) is 14.6. The second kappa shape index (κ2) is 12.6. The van der Waals surface area contributed by atoms with Gasteiger partial charge in [-0.15, -0.1) is 0 Å². The van der Waals surface area contributed by atoms with Crippen LogP contribution in [0.4, 0.5) is 8.78 Å². The number of hydrogen-bond acceptors (Lipinski definition) is 7. The molecule has 3 fully saturated rings. The van der Waals surface area contributed by atoms with Gasteiger partial charge >= 0.3 is 11.9 Å². The van der Waals surface area contributed by atoms with Crippen molar-refractivity contribution in [2.45, 2.75) is 76.0 Å². The van der Waals surface area contributed by atoms with E-state index in [-0.39, 0.29) is 36.6 Å². The Labute approximate surface area is 248 Å². The number of rotatable bonds is 10. The minimum atomic E-state index is -3.54. The molecule has 2 unspecified atom stereocenters. The maximum atomic E-state index is 13.6. The van der Waals surface area contributed by atoms with Crippen molar-refractivity contribution in [3.8, 4) is 5.75 Å². The van der Waals surface area contributed by atoms with Gasteiger partial charge in [-0.25, -0.2) is 4.98 Å². The lowest BCUT2D eigenvalue weighted by molar-refractivity contribution is -0.144. The molecule has 3 amide bonds. The van der Waals surface area contributed by atoms with E-state index in [4.69, 9.17) is 9.47 Å². The highest BCUT2D eigenvalue weighted by molar-refractivity contribution is 5.92. The Kier molecular flexibility index (Phi) is 8.93. The van der Waals surface area contributed by atoms with Crippen LogP contribution < -0.4 is 15.4 Å². The summed E-state index contributed by atoms with van der Waals surface area (Å²) in [4.78, 5) is 55.1. The molecule has 3 aliphatic rings. The predicted molar refractivity (Wildman–Crippen MR) is 150 cm³/mol. The van der Waals surface area contributed by atoms with Gasteiger partial charge in [0.15, 0.2) is 0 Å². The highest BCUT2D eigenvalue weighted by atomic mass is 19.3. The molecule has 1 aromatic carbocycles. The van der Waals surface area contributed by atoms with Crippen LogP contribution in [0.2, 0.25) is 0 Å². The van der Waals surface area contributed by atoms with Crippen molar-refractivity contribution < 1.29 is 37.4 Å². The largest absolute Gasteiger partial charge is 0.482 e. The Morgan fingerprint density at radius 1 is 1.12 bits per heavy atom. The van der Waals surface area contributed by atoms with E-state index >= 15 is 0 Å². The van der Waals surface area contributed by atoms with Gasteiger partial charge in [0.1, 0.15) is 24.2 Å². The molecule has 1 aliphatic carbocycles. The van der Waals surface area contributed by atoms with Gasteiger partial charge in [-0.3, -0.25) is 19.2 Å². The van der Waals surface area contributed by atoms with Crippen LogP contribution in [-0.4, -0.2) is 71.3 Å². The number of amides is 3. The number of esters is 1. The van der Waals surface area contributed by atoms with Gasteiger partial charge in [0.05, 0.1) is 24.6 Å². The maximum absolute atomic E-state index is 13.6. The number of alkyl halides is 2. The van der Waals surface area contributed by atoms with Crippen molar-refractivity contribution in [3.63, 3.8) is 0 Å². The van der Waals surface area contributed by atoms with Gasteiger partial charge in [-0.05, 0) is 61.8 Å². The fourth-order valence-corrected chi connectivity index (χ4v) is 5.46. The summed E-state index contributed by atoms with van der Waals surface area (Å²) < 4.78 is 38.3. The van der Waals surface area contributed by atoms with Crippen LogP contribution in [0, 0.1) is 5.92 Å². The van der Waals surface area contributed by atoms with E-state index in [1.54, 1.807) is 17.9 Å². The van der Waals surface area contributed by atoms with Crippen LogP contribution in [-0.2, 0) is 19.1 Å². The zero-order valence-corrected chi connectivity index (χ0v) is 24.2. The smallest absolute Gasteiger partial charge is 0.321 e. The van der Waals surface area contributed by atoms with E-state index < -0.39 is 35.8 Å². The second-order valence-electron chi connectivity index (χ2n) is 11.7. The molecule has 0 spiro atoms. The van der Waals surface area contributed by atoms with E-state index in [2.05, 4.69) is 15.6 Å². The molecule has 2 N–H and O–H groups in total. The lowest BCUT2D eigenvalue weighted by Crippen LogP contribution is -2.51. The number of nitrogens with zero attached hydrogens (tertiary/aromatic N) is 2. The van der Waals surface area contributed by atoms with Crippen LogP contribution in [0.25, 0.3) is 0 Å². The summed E-state index contributed by atoms with van der Waals surface area (Å²) in [6.45, 7) is 3.11. The fraction of sp³-hybridized carbons (Fsp3) is 0.516. The third kappa shape index (κ3) is 7.66. The molecule has 1 aromatic heterocycles. The molecule has 3 heterocycles. The molecule has 5 rings (SSSR count). The minimum absolute atomic E-state index is 0.0769. The summed E-state index contributed by atoms with van der Waals surface area (Å²) in [5, 5.41) is 5.27. The molecule has 2 aliphatic heterocycles. The predicted octanol–water partition coefficient (Wildman–Crippen LogP) is 3.52. The summed E-state index contributed by atoms with van der Waals surface area (Å²) in [6.07, 6.45) is 4.33. The lowest BCUT2D eigenvalue weighted by atomic mass is 10.00.